The molecule has 0 heterocycles. The van der Waals surface area contributed by atoms with Crippen molar-refractivity contribution in [3.05, 3.63) is 70.3 Å². The fraction of sp³-hybridized carbons (Fsp3) is 0.364. The topological polar surface area (TPSA) is 58.2 Å². The lowest BCUT2D eigenvalue weighted by Gasteiger charge is -2.09. The maximum Gasteiger partial charge on any atom is 0.251 e. The van der Waals surface area contributed by atoms with Crippen LogP contribution in [0.5, 0.6) is 0 Å². The molecular weight excluding hydrogens is 324 g/mol. The fourth-order valence-electron chi connectivity index (χ4n) is 2.93. The average molecular weight is 352 g/mol. The minimum atomic E-state index is -0.134. The van der Waals surface area contributed by atoms with Gasteiger partial charge < -0.3 is 10.6 Å². The first-order valence-corrected chi connectivity index (χ1v) is 9.14. The van der Waals surface area contributed by atoms with Gasteiger partial charge in [-0.3, -0.25) is 9.59 Å². The molecular formula is C22H28N2O2. The van der Waals surface area contributed by atoms with E-state index in [4.69, 9.17) is 0 Å². The van der Waals surface area contributed by atoms with Gasteiger partial charge in [0.15, 0.2) is 0 Å². The summed E-state index contributed by atoms with van der Waals surface area (Å²) >= 11 is 0. The van der Waals surface area contributed by atoms with Crippen molar-refractivity contribution in [2.24, 2.45) is 0 Å². The van der Waals surface area contributed by atoms with Crippen molar-refractivity contribution in [1.29, 1.82) is 0 Å². The molecule has 138 valence electrons. The number of carbonyl (C=O) groups is 2. The molecule has 0 aliphatic carbocycles. The molecule has 0 saturated carbocycles. The van der Waals surface area contributed by atoms with Gasteiger partial charge in [-0.1, -0.05) is 42.0 Å². The molecule has 4 nitrogen and oxygen atoms in total. The van der Waals surface area contributed by atoms with Crippen molar-refractivity contribution in [3.8, 4) is 0 Å². The molecule has 2 rings (SSSR count). The number of hydrogen-bond donors (Lipinski definition) is 2. The lowest BCUT2D eigenvalue weighted by molar-refractivity contribution is -0.120. The number of nitrogens with one attached hydrogen (secondary N) is 2. The smallest absolute Gasteiger partial charge is 0.251 e. The number of hydrogen-bond acceptors (Lipinski definition) is 2. The van der Waals surface area contributed by atoms with E-state index in [1.807, 2.05) is 25.1 Å². The van der Waals surface area contributed by atoms with Gasteiger partial charge in [0.2, 0.25) is 5.91 Å². The quantitative estimate of drug-likeness (QED) is 0.715. The molecule has 0 aliphatic rings. The summed E-state index contributed by atoms with van der Waals surface area (Å²) < 4.78 is 0. The summed E-state index contributed by atoms with van der Waals surface area (Å²) in [5.41, 5.74) is 5.49. The SMILES string of the molecule is Cc1ccc(CCCNC(=O)CCNC(=O)c2ccccc2C)c(C)c1. The maximum atomic E-state index is 12.1. The Morgan fingerprint density at radius 2 is 1.65 bits per heavy atom. The Bertz CT molecular complexity index is 768. The molecule has 2 aromatic rings. The Labute approximate surface area is 156 Å². The molecule has 0 atom stereocenters. The van der Waals surface area contributed by atoms with Crippen molar-refractivity contribution < 1.29 is 9.59 Å². The molecule has 0 saturated heterocycles. The predicted octanol–water partition coefficient (Wildman–Crippen LogP) is 3.48. The summed E-state index contributed by atoms with van der Waals surface area (Å²) in [6.07, 6.45) is 2.16. The second kappa shape index (κ2) is 9.76. The van der Waals surface area contributed by atoms with E-state index in [0.717, 1.165) is 18.4 Å². The van der Waals surface area contributed by atoms with Crippen molar-refractivity contribution in [1.82, 2.24) is 10.6 Å². The van der Waals surface area contributed by atoms with Crippen molar-refractivity contribution in [2.45, 2.75) is 40.0 Å². The van der Waals surface area contributed by atoms with E-state index >= 15 is 0 Å². The third-order valence-electron chi connectivity index (χ3n) is 4.47. The van der Waals surface area contributed by atoms with Crippen LogP contribution in [0.1, 0.15) is 45.5 Å². The Kier molecular flexibility index (Phi) is 7.39. The van der Waals surface area contributed by atoms with Crippen LogP contribution >= 0.6 is 0 Å². The minimum absolute atomic E-state index is 0.0317. The maximum absolute atomic E-state index is 12.1. The van der Waals surface area contributed by atoms with Crippen LogP contribution in [0.3, 0.4) is 0 Å². The van der Waals surface area contributed by atoms with E-state index in [-0.39, 0.29) is 11.8 Å². The van der Waals surface area contributed by atoms with E-state index in [1.165, 1.54) is 16.7 Å². The van der Waals surface area contributed by atoms with E-state index in [1.54, 1.807) is 6.07 Å². The van der Waals surface area contributed by atoms with Gasteiger partial charge in [-0.05, 0) is 56.4 Å². The van der Waals surface area contributed by atoms with Gasteiger partial charge in [-0.15, -0.1) is 0 Å². The number of amides is 2. The van der Waals surface area contributed by atoms with Crippen LogP contribution in [0.25, 0.3) is 0 Å². The molecule has 0 aromatic heterocycles. The highest BCUT2D eigenvalue weighted by atomic mass is 16.2. The van der Waals surface area contributed by atoms with Crippen molar-refractivity contribution >= 4 is 11.8 Å². The van der Waals surface area contributed by atoms with E-state index in [9.17, 15) is 9.59 Å². The molecule has 0 unspecified atom stereocenters. The standard InChI is InChI=1S/C22H28N2O2/c1-16-10-11-19(18(3)15-16)8-6-13-23-21(25)12-14-24-22(26)20-9-5-4-7-17(20)2/h4-5,7,9-11,15H,6,8,12-14H2,1-3H3,(H,23,25)(H,24,26). The summed E-state index contributed by atoms with van der Waals surface area (Å²) in [5.74, 6) is -0.165. The monoisotopic (exact) mass is 352 g/mol. The summed E-state index contributed by atoms with van der Waals surface area (Å²) in [5, 5.41) is 5.72. The third-order valence-corrected chi connectivity index (χ3v) is 4.47. The molecule has 0 radical (unpaired) electrons. The highest BCUT2D eigenvalue weighted by Gasteiger charge is 2.08. The Balaban J connectivity index is 1.63. The number of aryl methyl sites for hydroxylation is 4. The van der Waals surface area contributed by atoms with Crippen molar-refractivity contribution in [3.63, 3.8) is 0 Å². The first-order valence-electron chi connectivity index (χ1n) is 9.14. The normalized spacial score (nSPS) is 10.4. The molecule has 2 aromatic carbocycles. The highest BCUT2D eigenvalue weighted by molar-refractivity contribution is 5.95. The van der Waals surface area contributed by atoms with Crippen molar-refractivity contribution in [2.75, 3.05) is 13.1 Å². The van der Waals surface area contributed by atoms with Gasteiger partial charge in [-0.25, -0.2) is 0 Å². The molecule has 0 aliphatic heterocycles. The fourth-order valence-corrected chi connectivity index (χ4v) is 2.93. The lowest BCUT2D eigenvalue weighted by Crippen LogP contribution is -2.31. The van der Waals surface area contributed by atoms with Crippen LogP contribution in [0.2, 0.25) is 0 Å². The zero-order valence-electron chi connectivity index (χ0n) is 15.9. The summed E-state index contributed by atoms with van der Waals surface area (Å²) in [6.45, 7) is 7.11. The van der Waals surface area contributed by atoms with Gasteiger partial charge >= 0.3 is 0 Å². The van der Waals surface area contributed by atoms with Crippen LogP contribution in [-0.2, 0) is 11.2 Å². The van der Waals surface area contributed by atoms with Gasteiger partial charge in [0.05, 0.1) is 0 Å². The molecule has 0 spiro atoms. The molecule has 0 bridgehead atoms. The molecule has 2 amide bonds. The largest absolute Gasteiger partial charge is 0.356 e. The van der Waals surface area contributed by atoms with Gasteiger partial charge in [0.1, 0.15) is 0 Å². The zero-order valence-corrected chi connectivity index (χ0v) is 15.9. The summed E-state index contributed by atoms with van der Waals surface area (Å²) in [6, 6.07) is 13.9. The zero-order chi connectivity index (χ0) is 18.9. The Morgan fingerprint density at radius 3 is 2.38 bits per heavy atom. The average Bonchev–Trinajstić information content (AvgIpc) is 2.60. The predicted molar refractivity (Wildman–Crippen MR) is 105 cm³/mol. The first kappa shape index (κ1) is 19.7. The Hall–Kier alpha value is -2.62. The number of benzene rings is 2. The van der Waals surface area contributed by atoms with Crippen LogP contribution in [0.4, 0.5) is 0 Å². The van der Waals surface area contributed by atoms with E-state index < -0.39 is 0 Å². The highest BCUT2D eigenvalue weighted by Crippen LogP contribution is 2.12. The molecule has 0 fully saturated rings. The Morgan fingerprint density at radius 1 is 0.885 bits per heavy atom. The van der Waals surface area contributed by atoms with Crippen LogP contribution in [0.15, 0.2) is 42.5 Å². The van der Waals surface area contributed by atoms with Crippen LogP contribution < -0.4 is 10.6 Å². The lowest BCUT2D eigenvalue weighted by atomic mass is 10.0. The van der Waals surface area contributed by atoms with Crippen LogP contribution in [0, 0.1) is 20.8 Å². The molecule has 4 heteroatoms. The molecule has 26 heavy (non-hydrogen) atoms. The molecule has 2 N–H and O–H groups in total. The second-order valence-electron chi connectivity index (χ2n) is 6.70. The van der Waals surface area contributed by atoms with Gasteiger partial charge in [0.25, 0.3) is 5.91 Å². The summed E-state index contributed by atoms with van der Waals surface area (Å²) in [4.78, 5) is 24.0. The number of rotatable bonds is 8. The van der Waals surface area contributed by atoms with E-state index in [0.29, 0.717) is 25.1 Å². The van der Waals surface area contributed by atoms with Gasteiger partial charge in [-0.2, -0.15) is 0 Å². The summed E-state index contributed by atoms with van der Waals surface area (Å²) in [7, 11) is 0. The minimum Gasteiger partial charge on any atom is -0.356 e. The van der Waals surface area contributed by atoms with E-state index in [2.05, 4.69) is 42.7 Å². The first-order chi connectivity index (χ1) is 12.5. The second-order valence-corrected chi connectivity index (χ2v) is 6.70. The number of carbonyl (C=O) groups excluding carboxylic acids is 2. The third kappa shape index (κ3) is 6.03. The van der Waals surface area contributed by atoms with Gasteiger partial charge in [0, 0.05) is 25.1 Å². The van der Waals surface area contributed by atoms with Crippen LogP contribution in [-0.4, -0.2) is 24.9 Å².